The van der Waals surface area contributed by atoms with Crippen molar-refractivity contribution in [3.63, 3.8) is 0 Å². The van der Waals surface area contributed by atoms with E-state index in [1.807, 2.05) is 27.0 Å². The summed E-state index contributed by atoms with van der Waals surface area (Å²) in [4.78, 5) is 21.6. The van der Waals surface area contributed by atoms with Crippen LogP contribution in [-0.2, 0) is 11.2 Å². The predicted molar refractivity (Wildman–Crippen MR) is 128 cm³/mol. The number of fused-ring (bicyclic) bond motifs is 1. The molecule has 1 aliphatic heterocycles. The first-order valence-electron chi connectivity index (χ1n) is 9.96. The van der Waals surface area contributed by atoms with Gasteiger partial charge in [0.25, 0.3) is 0 Å². The number of hydrogen-bond acceptors (Lipinski definition) is 3. The monoisotopic (exact) mass is 531 g/mol. The normalized spacial score (nSPS) is 17.0. The minimum atomic E-state index is -0.509. The van der Waals surface area contributed by atoms with E-state index in [1.165, 1.54) is 6.07 Å². The zero-order valence-electron chi connectivity index (χ0n) is 17.9. The summed E-state index contributed by atoms with van der Waals surface area (Å²) in [5.41, 5.74) is 1.49. The highest BCUT2D eigenvalue weighted by molar-refractivity contribution is 14.0. The van der Waals surface area contributed by atoms with E-state index in [-0.39, 0.29) is 41.9 Å². The molecule has 1 aromatic heterocycles. The molecule has 9 heteroatoms. The van der Waals surface area contributed by atoms with Crippen LogP contribution >= 0.6 is 24.0 Å². The van der Waals surface area contributed by atoms with Gasteiger partial charge in [-0.15, -0.1) is 24.0 Å². The SMILES string of the molecule is CN=C(NCCc1c[nH]c2ccc(F)cc12)N1CCC(NC(=O)OC(C)(C)C)C1.I. The summed E-state index contributed by atoms with van der Waals surface area (Å²) in [6.07, 6.45) is 3.11. The molecule has 3 N–H and O–H groups in total. The van der Waals surface area contributed by atoms with Crippen LogP contribution in [0.2, 0.25) is 0 Å². The van der Waals surface area contributed by atoms with Crippen LogP contribution in [0.4, 0.5) is 9.18 Å². The van der Waals surface area contributed by atoms with Gasteiger partial charge in [-0.3, -0.25) is 4.99 Å². The molecule has 3 rings (SSSR count). The molecule has 1 saturated heterocycles. The fraction of sp³-hybridized carbons (Fsp3) is 0.524. The molecule has 0 aliphatic carbocycles. The van der Waals surface area contributed by atoms with Gasteiger partial charge in [-0.05, 0) is 57.4 Å². The van der Waals surface area contributed by atoms with Crippen molar-refractivity contribution in [1.82, 2.24) is 20.5 Å². The molecule has 0 saturated carbocycles. The standard InChI is InChI=1S/C21H30FN5O2.HI/c1-21(2,3)29-20(28)26-16-8-10-27(13-16)19(23-4)24-9-7-14-12-25-18-6-5-15(22)11-17(14)18;/h5-6,11-12,16,25H,7-10,13H2,1-4H3,(H,23,24)(H,26,28);1H. The molecule has 1 fully saturated rings. The highest BCUT2D eigenvalue weighted by Gasteiger charge is 2.27. The Morgan fingerprint density at radius 3 is 2.87 bits per heavy atom. The first-order valence-corrected chi connectivity index (χ1v) is 9.96. The number of hydrogen-bond donors (Lipinski definition) is 3. The maximum absolute atomic E-state index is 13.5. The molecule has 2 aromatic rings. The summed E-state index contributed by atoms with van der Waals surface area (Å²) in [7, 11) is 1.75. The Kier molecular flexibility index (Phi) is 8.34. The quantitative estimate of drug-likeness (QED) is 0.320. The van der Waals surface area contributed by atoms with Crippen LogP contribution in [0.3, 0.4) is 0 Å². The molecule has 0 radical (unpaired) electrons. The van der Waals surface area contributed by atoms with Gasteiger partial charge in [0.1, 0.15) is 11.4 Å². The zero-order valence-corrected chi connectivity index (χ0v) is 20.2. The van der Waals surface area contributed by atoms with Crippen LogP contribution < -0.4 is 10.6 Å². The number of ether oxygens (including phenoxy) is 1. The Morgan fingerprint density at radius 2 is 2.17 bits per heavy atom. The van der Waals surface area contributed by atoms with E-state index < -0.39 is 5.60 Å². The van der Waals surface area contributed by atoms with Crippen LogP contribution in [0, 0.1) is 5.82 Å². The molecule has 30 heavy (non-hydrogen) atoms. The fourth-order valence-electron chi connectivity index (χ4n) is 3.54. The first kappa shape index (κ1) is 24.2. The lowest BCUT2D eigenvalue weighted by Gasteiger charge is -2.23. The van der Waals surface area contributed by atoms with Gasteiger partial charge in [0.15, 0.2) is 5.96 Å². The molecule has 1 unspecified atom stereocenters. The van der Waals surface area contributed by atoms with E-state index in [9.17, 15) is 9.18 Å². The summed E-state index contributed by atoms with van der Waals surface area (Å²) in [6.45, 7) is 7.70. The minimum Gasteiger partial charge on any atom is -0.444 e. The molecule has 1 amide bonds. The number of aromatic amines is 1. The van der Waals surface area contributed by atoms with E-state index in [0.29, 0.717) is 13.1 Å². The van der Waals surface area contributed by atoms with Gasteiger partial charge >= 0.3 is 6.09 Å². The van der Waals surface area contributed by atoms with Crippen LogP contribution in [0.15, 0.2) is 29.4 Å². The summed E-state index contributed by atoms with van der Waals surface area (Å²) in [5, 5.41) is 7.20. The molecule has 166 valence electrons. The number of carbonyl (C=O) groups excluding carboxylic acids is 1. The van der Waals surface area contributed by atoms with Crippen LogP contribution in [0.5, 0.6) is 0 Å². The second-order valence-corrected chi connectivity index (χ2v) is 8.31. The number of nitrogens with one attached hydrogen (secondary N) is 3. The lowest BCUT2D eigenvalue weighted by molar-refractivity contribution is 0.0507. The molecule has 1 atom stereocenters. The van der Waals surface area contributed by atoms with E-state index in [0.717, 1.165) is 41.8 Å². The van der Waals surface area contributed by atoms with Gasteiger partial charge in [-0.1, -0.05) is 0 Å². The number of guanidine groups is 1. The lowest BCUT2D eigenvalue weighted by Crippen LogP contribution is -2.44. The number of carbonyl (C=O) groups is 1. The van der Waals surface area contributed by atoms with Crippen molar-refractivity contribution in [1.29, 1.82) is 0 Å². The molecular weight excluding hydrogens is 500 g/mol. The third kappa shape index (κ3) is 6.48. The van der Waals surface area contributed by atoms with Gasteiger partial charge in [0, 0.05) is 43.8 Å². The van der Waals surface area contributed by atoms with Crippen LogP contribution in [0.1, 0.15) is 32.8 Å². The summed E-state index contributed by atoms with van der Waals surface area (Å²) in [6, 6.07) is 4.80. The number of H-pyrrole nitrogens is 1. The van der Waals surface area contributed by atoms with E-state index in [4.69, 9.17) is 4.74 Å². The number of rotatable bonds is 4. The number of alkyl carbamates (subject to hydrolysis) is 1. The van der Waals surface area contributed by atoms with Crippen molar-refractivity contribution in [2.75, 3.05) is 26.7 Å². The third-order valence-corrected chi connectivity index (χ3v) is 4.83. The maximum Gasteiger partial charge on any atom is 0.407 e. The number of likely N-dealkylation sites (tertiary alicyclic amines) is 1. The Bertz CT molecular complexity index is 893. The van der Waals surface area contributed by atoms with Gasteiger partial charge in [0.2, 0.25) is 0 Å². The first-order chi connectivity index (χ1) is 13.7. The summed E-state index contributed by atoms with van der Waals surface area (Å²) in [5.74, 6) is 0.562. The smallest absolute Gasteiger partial charge is 0.407 e. The van der Waals surface area contributed by atoms with E-state index in [2.05, 4.69) is 25.5 Å². The van der Waals surface area contributed by atoms with Gasteiger partial charge < -0.3 is 25.3 Å². The Labute approximate surface area is 193 Å². The third-order valence-electron chi connectivity index (χ3n) is 4.83. The largest absolute Gasteiger partial charge is 0.444 e. The molecule has 7 nitrogen and oxygen atoms in total. The zero-order chi connectivity index (χ0) is 21.0. The van der Waals surface area contributed by atoms with Crippen molar-refractivity contribution in [3.05, 3.63) is 35.8 Å². The number of amides is 1. The van der Waals surface area contributed by atoms with Crippen LogP contribution in [-0.4, -0.2) is 60.3 Å². The van der Waals surface area contributed by atoms with Gasteiger partial charge in [0.05, 0.1) is 6.04 Å². The molecular formula is C21H31FIN5O2. The van der Waals surface area contributed by atoms with E-state index >= 15 is 0 Å². The molecule has 1 aliphatic rings. The second kappa shape index (κ2) is 10.3. The molecule has 2 heterocycles. The Hall–Kier alpha value is -2.04. The topological polar surface area (TPSA) is 81.8 Å². The number of nitrogens with zero attached hydrogens (tertiary/aromatic N) is 2. The van der Waals surface area contributed by atoms with Gasteiger partial charge in [-0.25, -0.2) is 9.18 Å². The highest BCUT2D eigenvalue weighted by Crippen LogP contribution is 2.19. The molecule has 0 bridgehead atoms. The number of aliphatic imine (C=N–C) groups is 1. The maximum atomic E-state index is 13.5. The Morgan fingerprint density at radius 1 is 1.40 bits per heavy atom. The molecule has 0 spiro atoms. The molecule has 1 aromatic carbocycles. The number of halogens is 2. The van der Waals surface area contributed by atoms with Gasteiger partial charge in [-0.2, -0.15) is 0 Å². The van der Waals surface area contributed by atoms with Crippen molar-refractivity contribution in [2.24, 2.45) is 4.99 Å². The predicted octanol–water partition coefficient (Wildman–Crippen LogP) is 3.64. The van der Waals surface area contributed by atoms with Crippen molar-refractivity contribution >= 4 is 46.9 Å². The summed E-state index contributed by atoms with van der Waals surface area (Å²) >= 11 is 0. The number of aromatic nitrogens is 1. The summed E-state index contributed by atoms with van der Waals surface area (Å²) < 4.78 is 18.9. The highest BCUT2D eigenvalue weighted by atomic mass is 127. The van der Waals surface area contributed by atoms with Crippen molar-refractivity contribution in [2.45, 2.75) is 45.3 Å². The Balaban J connectivity index is 0.00000320. The average Bonchev–Trinajstić information content (AvgIpc) is 3.24. The fourth-order valence-corrected chi connectivity index (χ4v) is 3.54. The minimum absolute atomic E-state index is 0. The second-order valence-electron chi connectivity index (χ2n) is 8.31. The van der Waals surface area contributed by atoms with Crippen molar-refractivity contribution < 1.29 is 13.9 Å². The van der Waals surface area contributed by atoms with Crippen LogP contribution in [0.25, 0.3) is 10.9 Å². The number of benzene rings is 1. The van der Waals surface area contributed by atoms with E-state index in [1.54, 1.807) is 19.2 Å². The lowest BCUT2D eigenvalue weighted by atomic mass is 10.1. The van der Waals surface area contributed by atoms with Crippen molar-refractivity contribution in [3.8, 4) is 0 Å². The average molecular weight is 531 g/mol.